The molecule has 2 aliphatic rings. The van der Waals surface area contributed by atoms with Crippen molar-refractivity contribution in [2.45, 2.75) is 55.9 Å². The van der Waals surface area contributed by atoms with E-state index in [0.717, 1.165) is 24.3 Å². The molecule has 0 radical (unpaired) electrons. The number of aromatic hydroxyl groups is 3. The lowest BCUT2D eigenvalue weighted by Gasteiger charge is -2.51. The Morgan fingerprint density at radius 1 is 1.00 bits per heavy atom. The molecule has 2 aromatic rings. The van der Waals surface area contributed by atoms with Crippen molar-refractivity contribution in [3.8, 4) is 23.0 Å². The summed E-state index contributed by atoms with van der Waals surface area (Å²) in [4.78, 5) is 38.3. The molecule has 1 aliphatic heterocycles. The number of aliphatic carboxylic acids is 1. The van der Waals surface area contributed by atoms with Gasteiger partial charge in [0.1, 0.15) is 25.4 Å². The molecule has 14 nitrogen and oxygen atoms in total. The lowest BCUT2D eigenvalue weighted by molar-refractivity contribution is -0.250. The normalized spacial score (nSPS) is 26.2. The van der Waals surface area contributed by atoms with Gasteiger partial charge in [-0.25, -0.2) is 4.79 Å². The van der Waals surface area contributed by atoms with Crippen LogP contribution in [0.2, 0.25) is 0 Å². The zero-order valence-corrected chi connectivity index (χ0v) is 24.7. The smallest absolute Gasteiger partial charge is 0.336 e. The van der Waals surface area contributed by atoms with Crippen LogP contribution in [-0.2, 0) is 30.5 Å². The molecule has 0 aromatic heterocycles. The number of fused-ring (bicyclic) bond motifs is 1. The Kier molecular flexibility index (Phi) is 11.2. The molecule has 4 rings (SSSR count). The minimum absolute atomic E-state index is 0.0293. The minimum Gasteiger partial charge on any atom is -0.504 e. The van der Waals surface area contributed by atoms with Crippen LogP contribution in [0.5, 0.6) is 23.0 Å². The van der Waals surface area contributed by atoms with E-state index in [1.54, 1.807) is 6.07 Å². The quantitative estimate of drug-likeness (QED) is 0.110. The number of carboxylic acid groups (broad SMARTS) is 1. The molecule has 1 saturated carbocycles. The maximum Gasteiger partial charge on any atom is 0.336 e. The predicted octanol–water partition coefficient (Wildman–Crippen LogP) is 0.627. The first-order chi connectivity index (χ1) is 21.9. The van der Waals surface area contributed by atoms with Gasteiger partial charge in [-0.15, -0.1) is 0 Å². The highest BCUT2D eigenvalue weighted by molar-refractivity contribution is 5.97. The van der Waals surface area contributed by atoms with Gasteiger partial charge in [-0.2, -0.15) is 0 Å². The number of ketones is 2. The van der Waals surface area contributed by atoms with Crippen molar-refractivity contribution in [1.82, 2.24) is 0 Å². The molecule has 46 heavy (non-hydrogen) atoms. The largest absolute Gasteiger partial charge is 0.504 e. The Labute approximate surface area is 263 Å². The summed E-state index contributed by atoms with van der Waals surface area (Å²) in [6.45, 7) is -0.701. The fourth-order valence-electron chi connectivity index (χ4n) is 5.72. The van der Waals surface area contributed by atoms with Crippen molar-refractivity contribution in [2.24, 2.45) is 11.7 Å². The van der Waals surface area contributed by atoms with E-state index in [-0.39, 0.29) is 48.6 Å². The van der Waals surface area contributed by atoms with E-state index in [9.17, 15) is 50.1 Å². The van der Waals surface area contributed by atoms with Crippen LogP contribution in [0.15, 0.2) is 42.5 Å². The Morgan fingerprint density at radius 2 is 1.74 bits per heavy atom. The van der Waals surface area contributed by atoms with E-state index in [4.69, 9.17) is 19.9 Å². The van der Waals surface area contributed by atoms with Gasteiger partial charge in [-0.3, -0.25) is 9.59 Å². The van der Waals surface area contributed by atoms with Crippen molar-refractivity contribution >= 4 is 29.7 Å². The summed E-state index contributed by atoms with van der Waals surface area (Å²) in [6, 6.07) is 6.77. The summed E-state index contributed by atoms with van der Waals surface area (Å²) in [5.74, 6) is -4.52. The molecule has 248 valence electrons. The first-order valence-electron chi connectivity index (χ1n) is 14.5. The third-order valence-corrected chi connectivity index (χ3v) is 8.11. The molecule has 6 unspecified atom stereocenters. The topological polar surface area (TPSA) is 247 Å². The summed E-state index contributed by atoms with van der Waals surface area (Å²) in [5, 5.41) is 70.7. The zero-order chi connectivity index (χ0) is 33.6. The van der Waals surface area contributed by atoms with E-state index in [2.05, 4.69) is 0 Å². The molecule has 14 heteroatoms. The van der Waals surface area contributed by atoms with Gasteiger partial charge in [0.2, 0.25) is 0 Å². The van der Waals surface area contributed by atoms with Crippen LogP contribution in [-0.4, -0.2) is 103 Å². The highest BCUT2D eigenvalue weighted by Crippen LogP contribution is 2.45. The third kappa shape index (κ3) is 7.55. The lowest BCUT2D eigenvalue weighted by Crippen LogP contribution is -2.66. The maximum absolute atomic E-state index is 13.0. The summed E-state index contributed by atoms with van der Waals surface area (Å²) >= 11 is 0. The van der Waals surface area contributed by atoms with E-state index in [1.165, 1.54) is 24.3 Å². The predicted molar refractivity (Wildman–Crippen MR) is 161 cm³/mol. The first kappa shape index (κ1) is 34.6. The Morgan fingerprint density at radius 3 is 2.41 bits per heavy atom. The maximum atomic E-state index is 13.0. The molecule has 2 fully saturated rings. The van der Waals surface area contributed by atoms with E-state index < -0.39 is 84.6 Å². The molecule has 0 amide bonds. The summed E-state index contributed by atoms with van der Waals surface area (Å²) in [6.07, 6.45) is -1.09. The van der Waals surface area contributed by atoms with Crippen LogP contribution in [0.25, 0.3) is 12.2 Å². The number of carbonyl (C=O) groups is 3. The second kappa shape index (κ2) is 14.9. The summed E-state index contributed by atoms with van der Waals surface area (Å²) in [7, 11) is 0. The molecule has 1 aliphatic carbocycles. The molecule has 0 bridgehead atoms. The number of aliphatic hydroxyl groups excluding tert-OH is 3. The number of carbonyl (C=O) groups excluding carboxylic acids is 2. The number of ether oxygens (including phenoxy) is 3. The SMILES string of the molecule is NCCOc1ccc(C=CC(=O)COC2(C(=O)O)CC(O)C(O)C3OC(C(=O)C=Cc4cc(O)c(O)cc4CO)CCC32)cc1O. The second-order valence-electron chi connectivity index (χ2n) is 11.1. The number of phenols is 3. The van der Waals surface area contributed by atoms with Crippen molar-refractivity contribution < 1.29 is 64.3 Å². The molecule has 6 atom stereocenters. The van der Waals surface area contributed by atoms with Crippen LogP contribution in [0.4, 0.5) is 0 Å². The van der Waals surface area contributed by atoms with Gasteiger partial charge in [0.15, 0.2) is 40.2 Å². The number of rotatable bonds is 13. The van der Waals surface area contributed by atoms with E-state index in [0.29, 0.717) is 5.56 Å². The number of carboxylic acids is 1. The molecule has 0 spiro atoms. The Balaban J connectivity index is 1.45. The average molecular weight is 644 g/mol. The highest BCUT2D eigenvalue weighted by atomic mass is 16.5. The fourth-order valence-corrected chi connectivity index (χ4v) is 5.72. The molecule has 2 aromatic carbocycles. The average Bonchev–Trinajstić information content (AvgIpc) is 3.04. The summed E-state index contributed by atoms with van der Waals surface area (Å²) in [5.41, 5.74) is 4.23. The van der Waals surface area contributed by atoms with Gasteiger partial charge >= 0.3 is 5.97 Å². The number of hydrogen-bond donors (Lipinski definition) is 8. The van der Waals surface area contributed by atoms with Crippen LogP contribution in [0.1, 0.15) is 36.0 Å². The number of nitrogens with two attached hydrogens (primary N) is 1. The first-order valence-corrected chi connectivity index (χ1v) is 14.5. The molecular formula is C32H37NO13. The van der Waals surface area contributed by atoms with Crippen LogP contribution in [0, 0.1) is 5.92 Å². The standard InChI is InChI=1S/C32H37NO13/c33-9-10-44-27-7-2-17(11-25(27)39)1-4-20(35)16-45-32(31(42)43)14-26(40)29(41)30-21(32)5-8-28(46-30)22(36)6-3-18-12-23(37)24(38)13-19(18)15-34/h1-4,6-7,11-13,21,26,28-30,34,37-41H,5,8-10,14-16,33H2,(H,42,43). The lowest BCUT2D eigenvalue weighted by atomic mass is 9.67. The van der Waals surface area contributed by atoms with E-state index in [1.807, 2.05) is 0 Å². The molecule has 9 N–H and O–H groups in total. The minimum atomic E-state index is -2.11. The number of hydrogen-bond acceptors (Lipinski definition) is 13. The number of benzene rings is 2. The van der Waals surface area contributed by atoms with Crippen LogP contribution >= 0.6 is 0 Å². The third-order valence-electron chi connectivity index (χ3n) is 8.11. The van der Waals surface area contributed by atoms with Gasteiger partial charge < -0.3 is 55.7 Å². The Hall–Kier alpha value is -4.31. The fraction of sp³-hybridized carbons (Fsp3) is 0.406. The number of phenolic OH excluding ortho intramolecular Hbond substituents is 3. The zero-order valence-electron chi connectivity index (χ0n) is 24.7. The number of aliphatic hydroxyl groups is 3. The monoisotopic (exact) mass is 643 g/mol. The van der Waals surface area contributed by atoms with Crippen molar-refractivity contribution in [3.05, 3.63) is 59.2 Å². The van der Waals surface area contributed by atoms with Gasteiger partial charge in [-0.1, -0.05) is 18.2 Å². The van der Waals surface area contributed by atoms with Gasteiger partial charge in [0.25, 0.3) is 0 Å². The van der Waals surface area contributed by atoms with Crippen molar-refractivity contribution in [1.29, 1.82) is 0 Å². The van der Waals surface area contributed by atoms with Crippen LogP contribution in [0.3, 0.4) is 0 Å². The second-order valence-corrected chi connectivity index (χ2v) is 11.1. The highest BCUT2D eigenvalue weighted by Gasteiger charge is 2.60. The van der Waals surface area contributed by atoms with Gasteiger partial charge in [0, 0.05) is 18.9 Å². The molecule has 1 heterocycles. The summed E-state index contributed by atoms with van der Waals surface area (Å²) < 4.78 is 16.9. The van der Waals surface area contributed by atoms with E-state index >= 15 is 0 Å². The van der Waals surface area contributed by atoms with Crippen LogP contribution < -0.4 is 10.5 Å². The Bertz CT molecular complexity index is 1510. The molecular weight excluding hydrogens is 606 g/mol. The van der Waals surface area contributed by atoms with Crippen molar-refractivity contribution in [2.75, 3.05) is 19.8 Å². The van der Waals surface area contributed by atoms with Gasteiger partial charge in [-0.05, 0) is 65.9 Å². The molecule has 1 saturated heterocycles. The van der Waals surface area contributed by atoms with Gasteiger partial charge in [0.05, 0.1) is 18.8 Å². The van der Waals surface area contributed by atoms with Crippen molar-refractivity contribution in [3.63, 3.8) is 0 Å².